The van der Waals surface area contributed by atoms with Crippen LogP contribution in [0, 0.1) is 6.92 Å². The van der Waals surface area contributed by atoms with E-state index in [4.69, 9.17) is 0 Å². The second kappa shape index (κ2) is 4.31. The SMILES string of the molecule is CSc1ccc2c(c1)Nc1ccc(C)cc1S2. The number of rotatable bonds is 1. The van der Waals surface area contributed by atoms with Crippen molar-refractivity contribution in [2.75, 3.05) is 11.6 Å². The van der Waals surface area contributed by atoms with Gasteiger partial charge in [-0.3, -0.25) is 0 Å². The van der Waals surface area contributed by atoms with Gasteiger partial charge >= 0.3 is 0 Å². The molecule has 86 valence electrons. The summed E-state index contributed by atoms with van der Waals surface area (Å²) in [6.07, 6.45) is 2.11. The molecule has 0 unspecified atom stereocenters. The number of hydrogen-bond donors (Lipinski definition) is 1. The van der Waals surface area contributed by atoms with Crippen molar-refractivity contribution < 1.29 is 0 Å². The molecule has 1 heterocycles. The first-order chi connectivity index (χ1) is 8.26. The Balaban J connectivity index is 2.04. The van der Waals surface area contributed by atoms with E-state index in [0.717, 1.165) is 0 Å². The fourth-order valence-electron chi connectivity index (χ4n) is 1.90. The predicted octanol–water partition coefficient (Wildman–Crippen LogP) is 4.93. The van der Waals surface area contributed by atoms with Gasteiger partial charge in [0.2, 0.25) is 0 Å². The molecule has 2 aromatic carbocycles. The van der Waals surface area contributed by atoms with E-state index in [1.807, 2.05) is 11.8 Å². The third-order valence-electron chi connectivity index (χ3n) is 2.81. The van der Waals surface area contributed by atoms with Gasteiger partial charge < -0.3 is 5.32 Å². The lowest BCUT2D eigenvalue weighted by molar-refractivity contribution is 1.26. The Kier molecular flexibility index (Phi) is 2.81. The number of fused-ring (bicyclic) bond motifs is 2. The van der Waals surface area contributed by atoms with Crippen molar-refractivity contribution in [1.82, 2.24) is 0 Å². The summed E-state index contributed by atoms with van der Waals surface area (Å²) in [5, 5.41) is 3.51. The van der Waals surface area contributed by atoms with Crippen LogP contribution in [0.3, 0.4) is 0 Å². The van der Waals surface area contributed by atoms with Crippen LogP contribution >= 0.6 is 23.5 Å². The summed E-state index contributed by atoms with van der Waals surface area (Å²) in [7, 11) is 0. The van der Waals surface area contributed by atoms with Crippen LogP contribution in [0.2, 0.25) is 0 Å². The molecule has 0 saturated carbocycles. The molecule has 1 N–H and O–H groups in total. The van der Waals surface area contributed by atoms with Gasteiger partial charge in [0.1, 0.15) is 0 Å². The van der Waals surface area contributed by atoms with E-state index in [9.17, 15) is 0 Å². The molecule has 0 saturated heterocycles. The van der Waals surface area contributed by atoms with Gasteiger partial charge in [-0.25, -0.2) is 0 Å². The van der Waals surface area contributed by atoms with Crippen LogP contribution in [-0.2, 0) is 0 Å². The third kappa shape index (κ3) is 2.05. The number of anilines is 2. The lowest BCUT2D eigenvalue weighted by Gasteiger charge is -2.21. The van der Waals surface area contributed by atoms with Crippen molar-refractivity contribution in [2.45, 2.75) is 21.6 Å². The molecule has 0 atom stereocenters. The van der Waals surface area contributed by atoms with Crippen LogP contribution in [0.5, 0.6) is 0 Å². The minimum absolute atomic E-state index is 1.21. The van der Waals surface area contributed by atoms with E-state index in [1.54, 1.807) is 11.8 Å². The number of thioether (sulfide) groups is 1. The molecule has 0 fully saturated rings. The topological polar surface area (TPSA) is 12.0 Å². The van der Waals surface area contributed by atoms with E-state index >= 15 is 0 Å². The van der Waals surface area contributed by atoms with Crippen molar-refractivity contribution in [1.29, 1.82) is 0 Å². The van der Waals surface area contributed by atoms with Gasteiger partial charge in [0.25, 0.3) is 0 Å². The average Bonchev–Trinajstić information content (AvgIpc) is 2.35. The number of hydrogen-bond acceptors (Lipinski definition) is 3. The Labute approximate surface area is 110 Å². The third-order valence-corrected chi connectivity index (χ3v) is 4.67. The molecule has 3 heteroatoms. The predicted molar refractivity (Wildman–Crippen MR) is 76.8 cm³/mol. The molecule has 0 aliphatic carbocycles. The van der Waals surface area contributed by atoms with E-state index in [-0.39, 0.29) is 0 Å². The van der Waals surface area contributed by atoms with E-state index in [2.05, 4.69) is 54.9 Å². The summed E-state index contributed by atoms with van der Waals surface area (Å²) in [5.41, 5.74) is 3.74. The molecule has 2 aromatic rings. The van der Waals surface area contributed by atoms with Gasteiger partial charge in [-0.05, 0) is 49.1 Å². The largest absolute Gasteiger partial charge is 0.354 e. The van der Waals surface area contributed by atoms with E-state index in [1.165, 1.54) is 31.6 Å². The highest BCUT2D eigenvalue weighted by molar-refractivity contribution is 8.00. The molecule has 0 amide bonds. The summed E-state index contributed by atoms with van der Waals surface area (Å²) < 4.78 is 0. The molecule has 0 spiro atoms. The average molecular weight is 259 g/mol. The summed E-state index contributed by atoms with van der Waals surface area (Å²) in [6, 6.07) is 13.1. The van der Waals surface area contributed by atoms with Crippen molar-refractivity contribution in [3.8, 4) is 0 Å². The Hall–Kier alpha value is -1.06. The highest BCUT2D eigenvalue weighted by Crippen LogP contribution is 2.45. The molecule has 17 heavy (non-hydrogen) atoms. The van der Waals surface area contributed by atoms with Gasteiger partial charge in [-0.1, -0.05) is 17.8 Å². The monoisotopic (exact) mass is 259 g/mol. The highest BCUT2D eigenvalue weighted by Gasteiger charge is 2.15. The number of benzene rings is 2. The molecule has 0 bridgehead atoms. The smallest absolute Gasteiger partial charge is 0.0537 e. The Morgan fingerprint density at radius 1 is 1.00 bits per heavy atom. The first-order valence-corrected chi connectivity index (χ1v) is 7.54. The van der Waals surface area contributed by atoms with Crippen LogP contribution in [0.25, 0.3) is 0 Å². The van der Waals surface area contributed by atoms with Crippen molar-refractivity contribution in [3.63, 3.8) is 0 Å². The molecular weight excluding hydrogens is 246 g/mol. The maximum Gasteiger partial charge on any atom is 0.0537 e. The quantitative estimate of drug-likeness (QED) is 0.623. The van der Waals surface area contributed by atoms with Crippen molar-refractivity contribution in [3.05, 3.63) is 42.0 Å². The van der Waals surface area contributed by atoms with Crippen molar-refractivity contribution >= 4 is 34.9 Å². The van der Waals surface area contributed by atoms with E-state index < -0.39 is 0 Å². The molecule has 1 nitrogen and oxygen atoms in total. The molecule has 0 radical (unpaired) electrons. The van der Waals surface area contributed by atoms with Gasteiger partial charge in [0.15, 0.2) is 0 Å². The zero-order chi connectivity index (χ0) is 11.8. The summed E-state index contributed by atoms with van der Waals surface area (Å²) >= 11 is 3.62. The lowest BCUT2D eigenvalue weighted by atomic mass is 10.2. The number of aryl methyl sites for hydroxylation is 1. The van der Waals surface area contributed by atoms with Crippen LogP contribution < -0.4 is 5.32 Å². The van der Waals surface area contributed by atoms with Crippen LogP contribution in [-0.4, -0.2) is 6.26 Å². The zero-order valence-electron chi connectivity index (χ0n) is 9.78. The summed E-state index contributed by atoms with van der Waals surface area (Å²) in [4.78, 5) is 3.92. The second-order valence-electron chi connectivity index (χ2n) is 4.09. The van der Waals surface area contributed by atoms with Gasteiger partial charge in [0.05, 0.1) is 11.4 Å². The minimum Gasteiger partial charge on any atom is -0.354 e. The minimum atomic E-state index is 1.21. The zero-order valence-corrected chi connectivity index (χ0v) is 11.4. The first kappa shape index (κ1) is 11.1. The fourth-order valence-corrected chi connectivity index (χ4v) is 3.41. The highest BCUT2D eigenvalue weighted by atomic mass is 32.2. The normalized spacial score (nSPS) is 12.6. The summed E-state index contributed by atoms with van der Waals surface area (Å²) in [5.74, 6) is 0. The number of nitrogens with one attached hydrogen (secondary N) is 1. The van der Waals surface area contributed by atoms with Gasteiger partial charge in [-0.2, -0.15) is 0 Å². The fraction of sp³-hybridized carbons (Fsp3) is 0.143. The Morgan fingerprint density at radius 3 is 2.71 bits per heavy atom. The Bertz CT molecular complexity index is 578. The van der Waals surface area contributed by atoms with Crippen LogP contribution in [0.15, 0.2) is 51.1 Å². The molecule has 1 aliphatic heterocycles. The van der Waals surface area contributed by atoms with Crippen molar-refractivity contribution in [2.24, 2.45) is 0 Å². The first-order valence-electron chi connectivity index (χ1n) is 5.50. The van der Waals surface area contributed by atoms with Gasteiger partial charge in [-0.15, -0.1) is 11.8 Å². The summed E-state index contributed by atoms with van der Waals surface area (Å²) in [6.45, 7) is 2.13. The molecule has 3 rings (SSSR count). The molecule has 1 aliphatic rings. The maximum absolute atomic E-state index is 3.51. The maximum atomic E-state index is 3.51. The second-order valence-corrected chi connectivity index (χ2v) is 6.05. The standard InChI is InChI=1S/C14H13NS2/c1-9-3-5-11-14(7-9)17-13-6-4-10(16-2)8-12(13)15-11/h3-8,15H,1-2H3. The Morgan fingerprint density at radius 2 is 1.88 bits per heavy atom. The lowest BCUT2D eigenvalue weighted by Crippen LogP contribution is -1.99. The van der Waals surface area contributed by atoms with Crippen LogP contribution in [0.4, 0.5) is 11.4 Å². The molecular formula is C14H13NS2. The van der Waals surface area contributed by atoms with Gasteiger partial charge in [0, 0.05) is 14.7 Å². The van der Waals surface area contributed by atoms with Crippen LogP contribution in [0.1, 0.15) is 5.56 Å². The molecule has 0 aromatic heterocycles. The van der Waals surface area contributed by atoms with E-state index in [0.29, 0.717) is 0 Å².